The van der Waals surface area contributed by atoms with E-state index in [2.05, 4.69) is 4.98 Å². The van der Waals surface area contributed by atoms with Crippen LogP contribution in [0.25, 0.3) is 0 Å². The molecule has 2 aromatic rings. The Bertz CT molecular complexity index is 642. The minimum atomic E-state index is -0.652. The summed E-state index contributed by atoms with van der Waals surface area (Å²) in [5.41, 5.74) is 5.10. The number of benzene rings is 1. The highest BCUT2D eigenvalue weighted by molar-refractivity contribution is 5.92. The Morgan fingerprint density at radius 2 is 2.05 bits per heavy atom. The Labute approximate surface area is 107 Å². The highest BCUT2D eigenvalue weighted by Gasteiger charge is 2.15. The molecular weight excluding hydrogens is 250 g/mol. The zero-order chi connectivity index (χ0) is 13.8. The number of hydrogen-bond acceptors (Lipinski definition) is 5. The van der Waals surface area contributed by atoms with E-state index in [0.29, 0.717) is 0 Å². The van der Waals surface area contributed by atoms with Crippen molar-refractivity contribution in [2.24, 2.45) is 5.73 Å². The second kappa shape index (κ2) is 5.13. The third-order valence-electron chi connectivity index (χ3n) is 2.29. The number of para-hydroxylation sites is 2. The van der Waals surface area contributed by atoms with Crippen molar-refractivity contribution in [2.75, 3.05) is 0 Å². The zero-order valence-electron chi connectivity index (χ0n) is 9.65. The van der Waals surface area contributed by atoms with E-state index in [1.165, 1.54) is 36.7 Å². The number of nitrogens with two attached hydrogens (primary N) is 1. The summed E-state index contributed by atoms with van der Waals surface area (Å²) in [5.74, 6) is -0.387. The zero-order valence-corrected chi connectivity index (χ0v) is 9.65. The Morgan fingerprint density at radius 3 is 2.74 bits per heavy atom. The van der Waals surface area contributed by atoms with Crippen LogP contribution in [0.4, 0.5) is 5.69 Å². The molecule has 0 spiro atoms. The van der Waals surface area contributed by atoms with Crippen molar-refractivity contribution in [3.8, 4) is 11.5 Å². The molecule has 0 aliphatic heterocycles. The molecule has 2 rings (SSSR count). The molecule has 0 unspecified atom stereocenters. The predicted octanol–water partition coefficient (Wildman–Crippen LogP) is 1.88. The Morgan fingerprint density at radius 1 is 1.32 bits per heavy atom. The largest absolute Gasteiger partial charge is 0.448 e. The molecule has 0 fully saturated rings. The van der Waals surface area contributed by atoms with Crippen LogP contribution in [0.5, 0.6) is 11.5 Å². The van der Waals surface area contributed by atoms with Gasteiger partial charge in [-0.15, -0.1) is 0 Å². The van der Waals surface area contributed by atoms with Crippen molar-refractivity contribution >= 4 is 11.6 Å². The maximum Gasteiger partial charge on any atom is 0.311 e. The molecule has 0 aliphatic rings. The molecule has 0 aliphatic carbocycles. The van der Waals surface area contributed by atoms with E-state index >= 15 is 0 Å². The monoisotopic (exact) mass is 259 g/mol. The number of primary amides is 1. The fourth-order valence-electron chi connectivity index (χ4n) is 1.43. The second-order valence-electron chi connectivity index (χ2n) is 3.60. The number of amides is 1. The lowest BCUT2D eigenvalue weighted by Gasteiger charge is -2.06. The van der Waals surface area contributed by atoms with Gasteiger partial charge in [0.15, 0.2) is 0 Å². The van der Waals surface area contributed by atoms with Crippen molar-refractivity contribution in [1.29, 1.82) is 0 Å². The highest BCUT2D eigenvalue weighted by atomic mass is 16.6. The first-order chi connectivity index (χ1) is 9.08. The van der Waals surface area contributed by atoms with Crippen LogP contribution in [0.1, 0.15) is 10.4 Å². The molecule has 7 heteroatoms. The summed E-state index contributed by atoms with van der Waals surface area (Å²) >= 11 is 0. The summed E-state index contributed by atoms with van der Waals surface area (Å²) in [5, 5.41) is 10.8. The number of hydrogen-bond donors (Lipinski definition) is 1. The van der Waals surface area contributed by atoms with Gasteiger partial charge in [-0.2, -0.15) is 0 Å². The molecule has 7 nitrogen and oxygen atoms in total. The number of nitro groups is 1. The summed E-state index contributed by atoms with van der Waals surface area (Å²) < 4.78 is 5.35. The number of ether oxygens (including phenoxy) is 1. The van der Waals surface area contributed by atoms with Crippen LogP contribution in [0, 0.1) is 10.1 Å². The summed E-state index contributed by atoms with van der Waals surface area (Å²) in [4.78, 5) is 25.0. The number of carbonyl (C=O) groups excluding carboxylic acids is 1. The van der Waals surface area contributed by atoms with Gasteiger partial charge in [-0.25, -0.2) is 0 Å². The lowest BCUT2D eigenvalue weighted by molar-refractivity contribution is -0.385. The lowest BCUT2D eigenvalue weighted by Crippen LogP contribution is -2.11. The van der Waals surface area contributed by atoms with Crippen molar-refractivity contribution in [2.45, 2.75) is 0 Å². The molecule has 0 saturated carbocycles. The van der Waals surface area contributed by atoms with Gasteiger partial charge in [-0.3, -0.25) is 19.9 Å². The van der Waals surface area contributed by atoms with Gasteiger partial charge in [0, 0.05) is 12.3 Å². The number of carbonyl (C=O) groups is 1. The van der Waals surface area contributed by atoms with E-state index < -0.39 is 10.8 Å². The Hall–Kier alpha value is -2.96. The third kappa shape index (κ3) is 2.83. The van der Waals surface area contributed by atoms with Gasteiger partial charge in [0.25, 0.3) is 0 Å². The minimum absolute atomic E-state index is 0.0657. The fourth-order valence-corrected chi connectivity index (χ4v) is 1.43. The van der Waals surface area contributed by atoms with Crippen molar-refractivity contribution in [3.63, 3.8) is 0 Å². The summed E-state index contributed by atoms with van der Waals surface area (Å²) in [6, 6.07) is 7.28. The van der Waals surface area contributed by atoms with E-state index in [0.717, 1.165) is 0 Å². The average molecular weight is 259 g/mol. The van der Waals surface area contributed by atoms with Crippen LogP contribution in [0.2, 0.25) is 0 Å². The summed E-state index contributed by atoms with van der Waals surface area (Å²) in [7, 11) is 0. The summed E-state index contributed by atoms with van der Waals surface area (Å²) in [6.07, 6.45) is 2.62. The smallest absolute Gasteiger partial charge is 0.311 e. The van der Waals surface area contributed by atoms with Crippen molar-refractivity contribution < 1.29 is 14.5 Å². The van der Waals surface area contributed by atoms with Crippen LogP contribution >= 0.6 is 0 Å². The molecule has 0 saturated heterocycles. The van der Waals surface area contributed by atoms with Gasteiger partial charge in [-0.05, 0) is 12.1 Å². The Balaban J connectivity index is 2.34. The van der Waals surface area contributed by atoms with Crippen LogP contribution in [-0.4, -0.2) is 15.8 Å². The van der Waals surface area contributed by atoms with Gasteiger partial charge in [-0.1, -0.05) is 12.1 Å². The van der Waals surface area contributed by atoms with E-state index in [9.17, 15) is 14.9 Å². The number of rotatable bonds is 4. The van der Waals surface area contributed by atoms with Gasteiger partial charge < -0.3 is 10.5 Å². The number of nitrogens with zero attached hydrogens (tertiary/aromatic N) is 2. The first-order valence-corrected chi connectivity index (χ1v) is 5.24. The molecule has 0 atom stereocenters. The van der Waals surface area contributed by atoms with Gasteiger partial charge >= 0.3 is 5.69 Å². The van der Waals surface area contributed by atoms with E-state index in [1.54, 1.807) is 6.07 Å². The third-order valence-corrected chi connectivity index (χ3v) is 2.29. The second-order valence-corrected chi connectivity index (χ2v) is 3.60. The minimum Gasteiger partial charge on any atom is -0.448 e. The molecule has 1 aromatic heterocycles. The molecule has 2 N–H and O–H groups in total. The molecule has 96 valence electrons. The standard InChI is InChI=1S/C12H9N3O4/c13-12(16)8-5-9(7-14-6-8)19-11-4-2-1-3-10(11)15(17)18/h1-7H,(H2,13,16). The molecule has 19 heavy (non-hydrogen) atoms. The van der Waals surface area contributed by atoms with Crippen molar-refractivity contribution in [1.82, 2.24) is 4.98 Å². The molecule has 1 heterocycles. The Kier molecular flexibility index (Phi) is 3.37. The molecule has 0 bridgehead atoms. The number of nitro benzene ring substituents is 1. The summed E-state index contributed by atoms with van der Waals surface area (Å²) in [6.45, 7) is 0. The van der Waals surface area contributed by atoms with Gasteiger partial charge in [0.1, 0.15) is 5.75 Å². The van der Waals surface area contributed by atoms with E-state index in [4.69, 9.17) is 10.5 Å². The van der Waals surface area contributed by atoms with Crippen LogP contribution in [0.3, 0.4) is 0 Å². The fraction of sp³-hybridized carbons (Fsp3) is 0. The molecule has 0 radical (unpaired) electrons. The lowest BCUT2D eigenvalue weighted by atomic mass is 10.2. The molecule has 1 aromatic carbocycles. The molecular formula is C12H9N3O4. The first kappa shape index (κ1) is 12.5. The predicted molar refractivity (Wildman–Crippen MR) is 65.9 cm³/mol. The van der Waals surface area contributed by atoms with Crippen molar-refractivity contribution in [3.05, 3.63) is 58.4 Å². The van der Waals surface area contributed by atoms with Crippen LogP contribution < -0.4 is 10.5 Å². The van der Waals surface area contributed by atoms with E-state index in [1.807, 2.05) is 0 Å². The normalized spacial score (nSPS) is 9.89. The van der Waals surface area contributed by atoms with Gasteiger partial charge in [0.2, 0.25) is 11.7 Å². The van der Waals surface area contributed by atoms with Crippen LogP contribution in [0.15, 0.2) is 42.7 Å². The first-order valence-electron chi connectivity index (χ1n) is 5.24. The maximum absolute atomic E-state index is 11.0. The topological polar surface area (TPSA) is 108 Å². The van der Waals surface area contributed by atoms with Crippen LogP contribution in [-0.2, 0) is 0 Å². The molecule has 1 amide bonds. The highest BCUT2D eigenvalue weighted by Crippen LogP contribution is 2.30. The average Bonchev–Trinajstić information content (AvgIpc) is 2.39. The van der Waals surface area contributed by atoms with Gasteiger partial charge in [0.05, 0.1) is 16.7 Å². The SMILES string of the molecule is NC(=O)c1cncc(Oc2ccccc2[N+](=O)[O-])c1. The number of pyridine rings is 1. The number of aromatic nitrogens is 1. The maximum atomic E-state index is 11.0. The van der Waals surface area contributed by atoms with E-state index in [-0.39, 0.29) is 22.7 Å². The quantitative estimate of drug-likeness (QED) is 0.666.